The van der Waals surface area contributed by atoms with Gasteiger partial charge in [0.1, 0.15) is 0 Å². The maximum Gasteiger partial charge on any atom is 0.161 e. The van der Waals surface area contributed by atoms with Crippen LogP contribution in [0.1, 0.15) is 13.3 Å². The smallest absolute Gasteiger partial charge is 0.161 e. The number of benzene rings is 1. The lowest BCUT2D eigenvalue weighted by Crippen LogP contribution is -2.23. The minimum Gasteiger partial charge on any atom is -0.493 e. The first-order chi connectivity index (χ1) is 8.15. The summed E-state index contributed by atoms with van der Waals surface area (Å²) < 4.78 is 11.0. The molecular weight excluding hydrogens is 348 g/mol. The van der Waals surface area contributed by atoms with Crippen LogP contribution in [0.4, 0.5) is 0 Å². The van der Waals surface area contributed by atoms with Crippen LogP contribution in [-0.4, -0.2) is 24.4 Å². The molecule has 0 heterocycles. The SMILES string of the molecule is COc1ccccc1OCCC(C)(CBr)CBr. The molecule has 0 bridgehead atoms. The Morgan fingerprint density at radius 1 is 1.12 bits per heavy atom. The molecular formula is C13H18Br2O2. The molecule has 0 saturated heterocycles. The van der Waals surface area contributed by atoms with Crippen LogP contribution in [0.25, 0.3) is 0 Å². The predicted octanol–water partition coefficient (Wildman–Crippen LogP) is 4.26. The number of alkyl halides is 2. The van der Waals surface area contributed by atoms with Crippen LogP contribution in [0.2, 0.25) is 0 Å². The molecule has 1 rings (SSSR count). The molecule has 17 heavy (non-hydrogen) atoms. The van der Waals surface area contributed by atoms with Crippen molar-refractivity contribution in [3.8, 4) is 11.5 Å². The predicted molar refractivity (Wildman–Crippen MR) is 78.8 cm³/mol. The summed E-state index contributed by atoms with van der Waals surface area (Å²) >= 11 is 7.07. The third-order valence-electron chi connectivity index (χ3n) is 2.68. The van der Waals surface area contributed by atoms with Crippen molar-refractivity contribution in [1.29, 1.82) is 0 Å². The maximum absolute atomic E-state index is 5.76. The Morgan fingerprint density at radius 2 is 1.71 bits per heavy atom. The minimum atomic E-state index is 0.224. The Bertz CT molecular complexity index is 338. The van der Waals surface area contributed by atoms with E-state index in [0.717, 1.165) is 28.6 Å². The lowest BCUT2D eigenvalue weighted by atomic mass is 9.93. The van der Waals surface area contributed by atoms with Gasteiger partial charge in [0, 0.05) is 10.7 Å². The normalized spacial score (nSPS) is 11.3. The molecule has 0 amide bonds. The molecule has 0 aliphatic rings. The Morgan fingerprint density at radius 3 is 2.24 bits per heavy atom. The van der Waals surface area contributed by atoms with Crippen molar-refractivity contribution in [2.24, 2.45) is 5.41 Å². The van der Waals surface area contributed by atoms with Crippen molar-refractivity contribution in [2.75, 3.05) is 24.4 Å². The fraction of sp³-hybridized carbons (Fsp3) is 0.538. The molecule has 0 aliphatic heterocycles. The number of rotatable bonds is 7. The molecule has 0 saturated carbocycles. The molecule has 0 unspecified atom stereocenters. The van der Waals surface area contributed by atoms with Gasteiger partial charge in [-0.05, 0) is 24.0 Å². The van der Waals surface area contributed by atoms with Crippen LogP contribution in [-0.2, 0) is 0 Å². The molecule has 1 aromatic carbocycles. The summed E-state index contributed by atoms with van der Waals surface area (Å²) in [6, 6.07) is 7.72. The Balaban J connectivity index is 2.51. The summed E-state index contributed by atoms with van der Waals surface area (Å²) in [7, 11) is 1.66. The second-order valence-corrected chi connectivity index (χ2v) is 5.45. The highest BCUT2D eigenvalue weighted by molar-refractivity contribution is 9.09. The largest absolute Gasteiger partial charge is 0.493 e. The average molecular weight is 366 g/mol. The Kier molecular flexibility index (Phi) is 6.34. The van der Waals surface area contributed by atoms with Gasteiger partial charge in [0.05, 0.1) is 13.7 Å². The topological polar surface area (TPSA) is 18.5 Å². The molecule has 0 aromatic heterocycles. The first-order valence-corrected chi connectivity index (χ1v) is 7.77. The van der Waals surface area contributed by atoms with Crippen molar-refractivity contribution in [1.82, 2.24) is 0 Å². The van der Waals surface area contributed by atoms with Crippen LogP contribution in [0.5, 0.6) is 11.5 Å². The number of ether oxygens (including phenoxy) is 2. The van der Waals surface area contributed by atoms with Gasteiger partial charge < -0.3 is 9.47 Å². The summed E-state index contributed by atoms with van der Waals surface area (Å²) in [5, 5.41) is 1.92. The highest BCUT2D eigenvalue weighted by atomic mass is 79.9. The quantitative estimate of drug-likeness (QED) is 0.672. The molecule has 0 N–H and O–H groups in total. The molecule has 1 aromatic rings. The summed E-state index contributed by atoms with van der Waals surface area (Å²) in [6.07, 6.45) is 0.988. The van der Waals surface area contributed by atoms with Crippen molar-refractivity contribution in [3.63, 3.8) is 0 Å². The van der Waals surface area contributed by atoms with Crippen LogP contribution in [0.15, 0.2) is 24.3 Å². The summed E-state index contributed by atoms with van der Waals surface area (Å²) in [5.41, 5.74) is 0.224. The van der Waals surface area contributed by atoms with E-state index in [1.807, 2.05) is 24.3 Å². The van der Waals surface area contributed by atoms with Gasteiger partial charge in [-0.1, -0.05) is 50.9 Å². The lowest BCUT2D eigenvalue weighted by molar-refractivity contribution is 0.241. The van der Waals surface area contributed by atoms with Gasteiger partial charge in [-0.2, -0.15) is 0 Å². The standard InChI is InChI=1S/C13H18Br2O2/c1-13(9-14,10-15)7-8-17-12-6-4-3-5-11(12)16-2/h3-6H,7-10H2,1-2H3. The van der Waals surface area contributed by atoms with Gasteiger partial charge in [0.15, 0.2) is 11.5 Å². The zero-order valence-electron chi connectivity index (χ0n) is 10.2. The van der Waals surface area contributed by atoms with E-state index in [1.165, 1.54) is 0 Å². The molecule has 0 radical (unpaired) electrons. The summed E-state index contributed by atoms with van der Waals surface area (Å²) in [4.78, 5) is 0. The number of hydrogen-bond donors (Lipinski definition) is 0. The summed E-state index contributed by atoms with van der Waals surface area (Å²) in [6.45, 7) is 2.91. The third kappa shape index (κ3) is 4.51. The monoisotopic (exact) mass is 364 g/mol. The van der Waals surface area contributed by atoms with Crippen LogP contribution < -0.4 is 9.47 Å². The molecule has 0 aliphatic carbocycles. The Labute approximate surface area is 120 Å². The van der Waals surface area contributed by atoms with E-state index < -0.39 is 0 Å². The van der Waals surface area contributed by atoms with Crippen molar-refractivity contribution >= 4 is 31.9 Å². The van der Waals surface area contributed by atoms with Crippen LogP contribution in [0.3, 0.4) is 0 Å². The zero-order chi connectivity index (χ0) is 12.7. The van der Waals surface area contributed by atoms with Gasteiger partial charge in [-0.25, -0.2) is 0 Å². The highest BCUT2D eigenvalue weighted by Crippen LogP contribution is 2.29. The first-order valence-electron chi connectivity index (χ1n) is 5.53. The van der Waals surface area contributed by atoms with Crippen LogP contribution in [0, 0.1) is 5.41 Å². The molecule has 0 atom stereocenters. The molecule has 2 nitrogen and oxygen atoms in total. The van der Waals surface area contributed by atoms with Crippen molar-refractivity contribution in [3.05, 3.63) is 24.3 Å². The second-order valence-electron chi connectivity index (χ2n) is 4.33. The highest BCUT2D eigenvalue weighted by Gasteiger charge is 2.21. The molecule has 4 heteroatoms. The fourth-order valence-corrected chi connectivity index (χ4v) is 2.80. The van der Waals surface area contributed by atoms with Gasteiger partial charge in [0.25, 0.3) is 0 Å². The first kappa shape index (κ1) is 14.8. The molecule has 0 fully saturated rings. The maximum atomic E-state index is 5.76. The number of methoxy groups -OCH3 is 1. The van der Waals surface area contributed by atoms with Crippen molar-refractivity contribution in [2.45, 2.75) is 13.3 Å². The van der Waals surface area contributed by atoms with E-state index in [9.17, 15) is 0 Å². The van der Waals surface area contributed by atoms with E-state index in [1.54, 1.807) is 7.11 Å². The number of para-hydroxylation sites is 2. The second kappa shape index (κ2) is 7.27. The van der Waals surface area contributed by atoms with E-state index >= 15 is 0 Å². The van der Waals surface area contributed by atoms with E-state index in [-0.39, 0.29) is 5.41 Å². The van der Waals surface area contributed by atoms with E-state index in [2.05, 4.69) is 38.8 Å². The average Bonchev–Trinajstić information content (AvgIpc) is 2.39. The molecule has 96 valence electrons. The van der Waals surface area contributed by atoms with Gasteiger partial charge in [-0.15, -0.1) is 0 Å². The Hall–Kier alpha value is -0.220. The third-order valence-corrected chi connectivity index (χ3v) is 5.38. The van der Waals surface area contributed by atoms with E-state index in [4.69, 9.17) is 9.47 Å². The van der Waals surface area contributed by atoms with Gasteiger partial charge in [-0.3, -0.25) is 0 Å². The minimum absolute atomic E-state index is 0.224. The molecule has 0 spiro atoms. The number of halogens is 2. The number of hydrogen-bond acceptors (Lipinski definition) is 2. The van der Waals surface area contributed by atoms with Crippen molar-refractivity contribution < 1.29 is 9.47 Å². The summed E-state index contributed by atoms with van der Waals surface area (Å²) in [5.74, 6) is 1.59. The fourth-order valence-electron chi connectivity index (χ4n) is 1.31. The van der Waals surface area contributed by atoms with Crippen LogP contribution >= 0.6 is 31.9 Å². The van der Waals surface area contributed by atoms with Gasteiger partial charge >= 0.3 is 0 Å². The van der Waals surface area contributed by atoms with E-state index in [0.29, 0.717) is 6.61 Å². The zero-order valence-corrected chi connectivity index (χ0v) is 13.4. The van der Waals surface area contributed by atoms with Gasteiger partial charge in [0.2, 0.25) is 0 Å². The lowest BCUT2D eigenvalue weighted by Gasteiger charge is -2.24.